The van der Waals surface area contributed by atoms with Crippen LogP contribution < -0.4 is 10.6 Å². The molecule has 0 saturated carbocycles. The van der Waals surface area contributed by atoms with Gasteiger partial charge in [-0.2, -0.15) is 0 Å². The number of hydrogen-bond acceptors (Lipinski definition) is 6. The van der Waals surface area contributed by atoms with Gasteiger partial charge in [0.15, 0.2) is 11.6 Å². The molecule has 2 atom stereocenters. The lowest BCUT2D eigenvalue weighted by Gasteiger charge is -2.40. The van der Waals surface area contributed by atoms with Crippen LogP contribution in [0.3, 0.4) is 0 Å². The van der Waals surface area contributed by atoms with Gasteiger partial charge in [0, 0.05) is 48.5 Å². The predicted molar refractivity (Wildman–Crippen MR) is 110 cm³/mol. The van der Waals surface area contributed by atoms with E-state index >= 15 is 0 Å². The van der Waals surface area contributed by atoms with Gasteiger partial charge in [0.2, 0.25) is 0 Å². The number of fused-ring (bicyclic) bond motifs is 1. The lowest BCUT2D eigenvalue weighted by atomic mass is 10.1. The Bertz CT molecular complexity index is 990. The molecule has 0 bridgehead atoms. The Hall–Kier alpha value is -2.57. The number of pyridine rings is 1. The summed E-state index contributed by atoms with van der Waals surface area (Å²) in [5.74, 6) is 1.66. The van der Waals surface area contributed by atoms with E-state index in [9.17, 15) is 0 Å². The zero-order chi connectivity index (χ0) is 19.1. The minimum atomic E-state index is 0.296. The fraction of sp³-hybridized carbons (Fsp3) is 0.333. The Kier molecular flexibility index (Phi) is 4.45. The van der Waals surface area contributed by atoms with E-state index in [0.717, 1.165) is 61.0 Å². The summed E-state index contributed by atoms with van der Waals surface area (Å²) in [4.78, 5) is 9.34. The SMILES string of the molecule is Nc1cccnc1N1CCN2[C@@H](CC[C@@H]2c2cc(-c3cccc(Cl)c3)on2)C1. The van der Waals surface area contributed by atoms with Crippen molar-refractivity contribution >= 4 is 23.1 Å². The van der Waals surface area contributed by atoms with E-state index in [-0.39, 0.29) is 0 Å². The molecule has 2 aromatic heterocycles. The lowest BCUT2D eigenvalue weighted by Crippen LogP contribution is -2.51. The number of anilines is 2. The van der Waals surface area contributed by atoms with Crippen LogP contribution in [-0.4, -0.2) is 40.7 Å². The van der Waals surface area contributed by atoms with Crippen LogP contribution in [0.1, 0.15) is 24.6 Å². The van der Waals surface area contributed by atoms with Gasteiger partial charge in [-0.3, -0.25) is 4.90 Å². The Morgan fingerprint density at radius 1 is 1.11 bits per heavy atom. The highest BCUT2D eigenvalue weighted by Gasteiger charge is 2.40. The first-order chi connectivity index (χ1) is 13.7. The molecular formula is C21H22ClN5O. The molecule has 0 unspecified atom stereocenters. The van der Waals surface area contributed by atoms with Crippen LogP contribution in [-0.2, 0) is 0 Å². The summed E-state index contributed by atoms with van der Waals surface area (Å²) in [5.41, 5.74) is 8.83. The number of benzene rings is 1. The largest absolute Gasteiger partial charge is 0.396 e. The van der Waals surface area contributed by atoms with Gasteiger partial charge >= 0.3 is 0 Å². The molecule has 3 aromatic rings. The molecular weight excluding hydrogens is 374 g/mol. The average Bonchev–Trinajstić information content (AvgIpc) is 3.35. The smallest absolute Gasteiger partial charge is 0.167 e. The zero-order valence-corrected chi connectivity index (χ0v) is 16.2. The quantitative estimate of drug-likeness (QED) is 0.722. The van der Waals surface area contributed by atoms with E-state index in [4.69, 9.17) is 21.9 Å². The first-order valence-corrected chi connectivity index (χ1v) is 10.0. The highest BCUT2D eigenvalue weighted by molar-refractivity contribution is 6.30. The number of nitrogens with two attached hydrogens (primary N) is 1. The maximum atomic E-state index is 6.13. The van der Waals surface area contributed by atoms with Crippen LogP contribution >= 0.6 is 11.6 Å². The van der Waals surface area contributed by atoms with Crippen LogP contribution in [0.5, 0.6) is 0 Å². The summed E-state index contributed by atoms with van der Waals surface area (Å²) in [7, 11) is 0. The van der Waals surface area contributed by atoms with Gasteiger partial charge < -0.3 is 15.2 Å². The molecule has 2 fully saturated rings. The molecule has 2 aliphatic heterocycles. The third-order valence-electron chi connectivity index (χ3n) is 5.80. The topological polar surface area (TPSA) is 71.4 Å². The molecule has 5 rings (SSSR count). The van der Waals surface area contributed by atoms with E-state index < -0.39 is 0 Å². The Morgan fingerprint density at radius 2 is 2.04 bits per heavy atom. The van der Waals surface area contributed by atoms with Crippen LogP contribution in [0.15, 0.2) is 53.2 Å². The number of aromatic nitrogens is 2. The monoisotopic (exact) mass is 395 g/mol. The molecule has 144 valence electrons. The molecule has 1 aromatic carbocycles. The summed E-state index contributed by atoms with van der Waals surface area (Å²) in [5, 5.41) is 5.08. The van der Waals surface area contributed by atoms with Crippen LogP contribution in [0.25, 0.3) is 11.3 Å². The molecule has 6 nitrogen and oxygen atoms in total. The van der Waals surface area contributed by atoms with E-state index in [1.165, 1.54) is 0 Å². The summed E-state index contributed by atoms with van der Waals surface area (Å²) >= 11 is 6.11. The number of hydrogen-bond donors (Lipinski definition) is 1. The van der Waals surface area contributed by atoms with Crippen molar-refractivity contribution in [2.24, 2.45) is 0 Å². The first-order valence-electron chi connectivity index (χ1n) is 9.63. The van der Waals surface area contributed by atoms with Crippen molar-refractivity contribution in [3.8, 4) is 11.3 Å². The first kappa shape index (κ1) is 17.5. The van der Waals surface area contributed by atoms with E-state index in [1.54, 1.807) is 0 Å². The summed E-state index contributed by atoms with van der Waals surface area (Å²) < 4.78 is 5.63. The van der Waals surface area contributed by atoms with Crippen molar-refractivity contribution < 1.29 is 4.52 Å². The van der Waals surface area contributed by atoms with Gasteiger partial charge in [0.05, 0.1) is 11.7 Å². The van der Waals surface area contributed by atoms with Crippen LogP contribution in [0, 0.1) is 0 Å². The van der Waals surface area contributed by atoms with Gasteiger partial charge in [0.1, 0.15) is 5.69 Å². The number of rotatable bonds is 3. The van der Waals surface area contributed by atoms with Crippen molar-refractivity contribution in [3.63, 3.8) is 0 Å². The molecule has 0 radical (unpaired) electrons. The Balaban J connectivity index is 1.33. The fourth-order valence-corrected chi connectivity index (χ4v) is 4.65. The van der Waals surface area contributed by atoms with Gasteiger partial charge in [-0.1, -0.05) is 28.9 Å². The number of piperazine rings is 1. The standard InChI is InChI=1S/C21H22ClN5O/c22-15-4-1-3-14(11-15)20-12-18(25-28-20)19-7-6-16-13-26(9-10-27(16)19)21-17(23)5-2-8-24-21/h1-5,8,11-12,16,19H,6-7,9-10,13,23H2/t16-,19+/m0/s1. The second-order valence-corrected chi connectivity index (χ2v) is 7.91. The molecule has 7 heteroatoms. The second-order valence-electron chi connectivity index (χ2n) is 7.47. The molecule has 2 aliphatic rings. The average molecular weight is 396 g/mol. The molecule has 2 saturated heterocycles. The third-order valence-corrected chi connectivity index (χ3v) is 6.03. The van der Waals surface area contributed by atoms with Gasteiger partial charge in [0.25, 0.3) is 0 Å². The minimum absolute atomic E-state index is 0.296. The summed E-state index contributed by atoms with van der Waals surface area (Å²) in [6, 6.07) is 14.3. The van der Waals surface area contributed by atoms with Gasteiger partial charge in [-0.05, 0) is 37.1 Å². The predicted octanol–water partition coefficient (Wildman–Crippen LogP) is 4.00. The molecule has 28 heavy (non-hydrogen) atoms. The van der Waals surface area contributed by atoms with E-state index in [2.05, 4.69) is 26.0 Å². The highest BCUT2D eigenvalue weighted by atomic mass is 35.5. The van der Waals surface area contributed by atoms with Crippen molar-refractivity contribution in [1.82, 2.24) is 15.0 Å². The second kappa shape index (κ2) is 7.11. The Labute approximate surface area is 168 Å². The van der Waals surface area contributed by atoms with Gasteiger partial charge in [-0.25, -0.2) is 4.98 Å². The maximum absolute atomic E-state index is 6.13. The zero-order valence-electron chi connectivity index (χ0n) is 15.5. The highest BCUT2D eigenvalue weighted by Crippen LogP contribution is 2.39. The lowest BCUT2D eigenvalue weighted by molar-refractivity contribution is 0.170. The molecule has 0 aliphatic carbocycles. The number of nitrogens with zero attached hydrogens (tertiary/aromatic N) is 4. The van der Waals surface area contributed by atoms with Crippen molar-refractivity contribution in [2.45, 2.75) is 24.9 Å². The molecule has 0 spiro atoms. The number of nitrogen functional groups attached to an aromatic ring is 1. The molecule has 2 N–H and O–H groups in total. The van der Waals surface area contributed by atoms with Crippen LogP contribution in [0.4, 0.5) is 11.5 Å². The van der Waals surface area contributed by atoms with Gasteiger partial charge in [-0.15, -0.1) is 0 Å². The molecule has 4 heterocycles. The van der Waals surface area contributed by atoms with Crippen molar-refractivity contribution in [3.05, 3.63) is 59.4 Å². The summed E-state index contributed by atoms with van der Waals surface area (Å²) in [6.45, 7) is 2.81. The maximum Gasteiger partial charge on any atom is 0.167 e. The van der Waals surface area contributed by atoms with E-state index in [1.807, 2.05) is 42.6 Å². The van der Waals surface area contributed by atoms with E-state index in [0.29, 0.717) is 17.1 Å². The molecule has 0 amide bonds. The fourth-order valence-electron chi connectivity index (χ4n) is 4.46. The minimum Gasteiger partial charge on any atom is -0.396 e. The summed E-state index contributed by atoms with van der Waals surface area (Å²) in [6.07, 6.45) is 4.02. The normalized spacial score (nSPS) is 22.4. The van der Waals surface area contributed by atoms with Crippen molar-refractivity contribution in [2.75, 3.05) is 30.3 Å². The van der Waals surface area contributed by atoms with Crippen LogP contribution in [0.2, 0.25) is 5.02 Å². The number of halogens is 1. The third kappa shape index (κ3) is 3.12. The Morgan fingerprint density at radius 3 is 2.89 bits per heavy atom. The van der Waals surface area contributed by atoms with Crippen molar-refractivity contribution in [1.29, 1.82) is 0 Å².